The first-order valence-corrected chi connectivity index (χ1v) is 6.03. The van der Waals surface area contributed by atoms with Crippen LogP contribution in [0.2, 0.25) is 0 Å². The molecule has 0 spiro atoms. The third-order valence-electron chi connectivity index (χ3n) is 2.79. The second-order valence-electron chi connectivity index (χ2n) is 3.86. The highest BCUT2D eigenvalue weighted by Crippen LogP contribution is 2.30. The van der Waals surface area contributed by atoms with E-state index in [-0.39, 0.29) is 0 Å². The lowest BCUT2D eigenvalue weighted by Gasteiger charge is -2.06. The van der Waals surface area contributed by atoms with Crippen molar-refractivity contribution in [2.45, 2.75) is 30.8 Å². The molecule has 1 heterocycles. The summed E-state index contributed by atoms with van der Waals surface area (Å²) in [6, 6.07) is 0. The molecule has 2 rings (SSSR count). The summed E-state index contributed by atoms with van der Waals surface area (Å²) in [4.78, 5) is 0. The predicted octanol–water partition coefficient (Wildman–Crippen LogP) is 1.68. The average Bonchev–Trinajstić information content (AvgIpc) is 2.77. The van der Waals surface area contributed by atoms with Gasteiger partial charge in [0, 0.05) is 12.8 Å². The van der Waals surface area contributed by atoms with E-state index in [1.165, 1.54) is 25.7 Å². The van der Waals surface area contributed by atoms with E-state index < -0.39 is 0 Å². The Morgan fingerprint density at radius 1 is 1.43 bits per heavy atom. The molecule has 78 valence electrons. The zero-order chi connectivity index (χ0) is 9.97. The average molecular weight is 212 g/mol. The number of thioether (sulfide) groups is 1. The minimum atomic E-state index is 0.499. The minimum absolute atomic E-state index is 0.499. The number of nitrogens with zero attached hydrogens (tertiary/aromatic N) is 3. The van der Waals surface area contributed by atoms with Crippen molar-refractivity contribution >= 4 is 17.7 Å². The Labute approximate surface area is 88.3 Å². The smallest absolute Gasteiger partial charge is 0.222 e. The molecule has 0 aromatic carbocycles. The number of rotatable bonds is 3. The summed E-state index contributed by atoms with van der Waals surface area (Å²) in [7, 11) is 1.91. The van der Waals surface area contributed by atoms with Gasteiger partial charge in [-0.2, -0.15) is 0 Å². The third-order valence-corrected chi connectivity index (χ3v) is 4.04. The Hall–Kier alpha value is -0.710. The lowest BCUT2D eigenvalue weighted by molar-refractivity contribution is 0.621. The molecule has 1 aliphatic carbocycles. The standard InChI is InChI=1S/C9H16N4S/c1-13-8(10)11-12-9(13)14-6-7-4-2-3-5-7/h7H,2-6H2,1H3,(H2,10,11). The first kappa shape index (κ1) is 9.83. The molecule has 14 heavy (non-hydrogen) atoms. The van der Waals surface area contributed by atoms with Gasteiger partial charge in [0.05, 0.1) is 0 Å². The molecule has 1 saturated carbocycles. The van der Waals surface area contributed by atoms with Gasteiger partial charge in [-0.05, 0) is 18.8 Å². The van der Waals surface area contributed by atoms with E-state index in [4.69, 9.17) is 5.73 Å². The molecule has 0 saturated heterocycles. The van der Waals surface area contributed by atoms with E-state index in [1.807, 2.05) is 11.6 Å². The molecule has 1 aromatic heterocycles. The van der Waals surface area contributed by atoms with Gasteiger partial charge in [0.1, 0.15) is 0 Å². The second kappa shape index (κ2) is 4.21. The molecule has 5 heteroatoms. The van der Waals surface area contributed by atoms with Crippen molar-refractivity contribution in [2.75, 3.05) is 11.5 Å². The largest absolute Gasteiger partial charge is 0.368 e. The molecule has 0 bridgehead atoms. The summed E-state index contributed by atoms with van der Waals surface area (Å²) < 4.78 is 1.85. The quantitative estimate of drug-likeness (QED) is 0.774. The number of hydrogen-bond acceptors (Lipinski definition) is 4. The highest BCUT2D eigenvalue weighted by molar-refractivity contribution is 7.99. The van der Waals surface area contributed by atoms with Gasteiger partial charge in [-0.3, -0.25) is 4.57 Å². The molecule has 0 aliphatic heterocycles. The van der Waals surface area contributed by atoms with E-state index in [0.29, 0.717) is 5.95 Å². The maximum absolute atomic E-state index is 5.60. The zero-order valence-corrected chi connectivity index (χ0v) is 9.26. The van der Waals surface area contributed by atoms with Crippen molar-refractivity contribution in [1.82, 2.24) is 14.8 Å². The Balaban J connectivity index is 1.88. The topological polar surface area (TPSA) is 56.7 Å². The van der Waals surface area contributed by atoms with Gasteiger partial charge in [-0.15, -0.1) is 10.2 Å². The fraction of sp³-hybridized carbons (Fsp3) is 0.778. The van der Waals surface area contributed by atoms with Gasteiger partial charge in [0.2, 0.25) is 5.95 Å². The van der Waals surface area contributed by atoms with E-state index in [1.54, 1.807) is 11.8 Å². The molecule has 4 nitrogen and oxygen atoms in total. The van der Waals surface area contributed by atoms with Gasteiger partial charge in [0.15, 0.2) is 5.16 Å². The lowest BCUT2D eigenvalue weighted by atomic mass is 10.1. The molecule has 1 fully saturated rings. The molecule has 1 aliphatic rings. The molecule has 0 radical (unpaired) electrons. The van der Waals surface area contributed by atoms with E-state index in [0.717, 1.165) is 16.8 Å². The van der Waals surface area contributed by atoms with Crippen LogP contribution in [0.3, 0.4) is 0 Å². The van der Waals surface area contributed by atoms with Crippen LogP contribution in [-0.4, -0.2) is 20.5 Å². The Morgan fingerprint density at radius 3 is 2.71 bits per heavy atom. The number of nitrogen functional groups attached to an aromatic ring is 1. The van der Waals surface area contributed by atoms with Gasteiger partial charge in [0.25, 0.3) is 0 Å². The van der Waals surface area contributed by atoms with Crippen LogP contribution in [0.5, 0.6) is 0 Å². The fourth-order valence-corrected chi connectivity index (χ4v) is 2.93. The summed E-state index contributed by atoms with van der Waals surface area (Å²) in [6.45, 7) is 0. The van der Waals surface area contributed by atoms with Crippen molar-refractivity contribution in [2.24, 2.45) is 13.0 Å². The van der Waals surface area contributed by atoms with Crippen molar-refractivity contribution < 1.29 is 0 Å². The van der Waals surface area contributed by atoms with Crippen molar-refractivity contribution in [3.05, 3.63) is 0 Å². The maximum atomic E-state index is 5.60. The van der Waals surface area contributed by atoms with Gasteiger partial charge in [-0.1, -0.05) is 24.6 Å². The fourth-order valence-electron chi connectivity index (χ4n) is 1.82. The summed E-state index contributed by atoms with van der Waals surface area (Å²) in [6.07, 6.45) is 5.54. The summed E-state index contributed by atoms with van der Waals surface area (Å²) >= 11 is 1.77. The van der Waals surface area contributed by atoms with Crippen LogP contribution < -0.4 is 5.73 Å². The van der Waals surface area contributed by atoms with Crippen molar-refractivity contribution in [3.8, 4) is 0 Å². The monoisotopic (exact) mass is 212 g/mol. The van der Waals surface area contributed by atoms with E-state index in [2.05, 4.69) is 10.2 Å². The third kappa shape index (κ3) is 2.03. The Bertz CT molecular complexity index is 304. The summed E-state index contributed by atoms with van der Waals surface area (Å²) in [5.41, 5.74) is 5.60. The SMILES string of the molecule is Cn1c(N)nnc1SCC1CCCC1. The number of nitrogens with two attached hydrogens (primary N) is 1. The van der Waals surface area contributed by atoms with Crippen LogP contribution in [0.15, 0.2) is 5.16 Å². The first-order chi connectivity index (χ1) is 6.77. The van der Waals surface area contributed by atoms with Crippen LogP contribution in [0, 0.1) is 5.92 Å². The highest BCUT2D eigenvalue weighted by Gasteiger charge is 2.16. The maximum Gasteiger partial charge on any atom is 0.222 e. The Kier molecular flexibility index (Phi) is 2.96. The van der Waals surface area contributed by atoms with Crippen LogP contribution in [0.4, 0.5) is 5.95 Å². The Morgan fingerprint density at radius 2 is 2.14 bits per heavy atom. The van der Waals surface area contributed by atoms with Gasteiger partial charge in [-0.25, -0.2) is 0 Å². The van der Waals surface area contributed by atoms with Crippen molar-refractivity contribution in [3.63, 3.8) is 0 Å². The minimum Gasteiger partial charge on any atom is -0.368 e. The van der Waals surface area contributed by atoms with Crippen molar-refractivity contribution in [1.29, 1.82) is 0 Å². The lowest BCUT2D eigenvalue weighted by Crippen LogP contribution is -2.01. The molecule has 0 atom stereocenters. The van der Waals surface area contributed by atoms with E-state index >= 15 is 0 Å². The molecule has 2 N–H and O–H groups in total. The van der Waals surface area contributed by atoms with Gasteiger partial charge >= 0.3 is 0 Å². The summed E-state index contributed by atoms with van der Waals surface area (Å²) in [5, 5.41) is 8.80. The summed E-state index contributed by atoms with van der Waals surface area (Å²) in [5.74, 6) is 2.53. The van der Waals surface area contributed by atoms with Crippen LogP contribution in [0.25, 0.3) is 0 Å². The zero-order valence-electron chi connectivity index (χ0n) is 8.44. The normalized spacial score (nSPS) is 17.8. The molecule has 0 unspecified atom stereocenters. The van der Waals surface area contributed by atoms with Crippen LogP contribution in [0.1, 0.15) is 25.7 Å². The number of aromatic nitrogens is 3. The predicted molar refractivity (Wildman–Crippen MR) is 58.1 cm³/mol. The number of anilines is 1. The van der Waals surface area contributed by atoms with E-state index in [9.17, 15) is 0 Å². The molecule has 0 amide bonds. The molecule has 1 aromatic rings. The van der Waals surface area contributed by atoms with Gasteiger partial charge < -0.3 is 5.73 Å². The molecular weight excluding hydrogens is 196 g/mol. The second-order valence-corrected chi connectivity index (χ2v) is 4.85. The van der Waals surface area contributed by atoms with Crippen LogP contribution in [-0.2, 0) is 7.05 Å². The first-order valence-electron chi connectivity index (χ1n) is 5.05. The number of hydrogen-bond donors (Lipinski definition) is 1. The van der Waals surface area contributed by atoms with Crippen LogP contribution >= 0.6 is 11.8 Å². The molecular formula is C9H16N4S. The highest BCUT2D eigenvalue weighted by atomic mass is 32.2.